The van der Waals surface area contributed by atoms with Crippen LogP contribution in [0.4, 0.5) is 5.69 Å². The molecule has 0 unspecified atom stereocenters. The molecule has 0 heterocycles. The summed E-state index contributed by atoms with van der Waals surface area (Å²) in [6, 6.07) is 23.0. The second kappa shape index (κ2) is 12.7. The molecule has 0 spiro atoms. The van der Waals surface area contributed by atoms with Crippen molar-refractivity contribution in [3.8, 4) is 0 Å². The summed E-state index contributed by atoms with van der Waals surface area (Å²) in [6.45, 7) is 5.04. The first kappa shape index (κ1) is 28.2. The first-order chi connectivity index (χ1) is 17.6. The molecule has 1 atom stereocenters. The Kier molecular flexibility index (Phi) is 9.72. The van der Waals surface area contributed by atoms with E-state index in [-0.39, 0.29) is 34.1 Å². The summed E-state index contributed by atoms with van der Waals surface area (Å²) in [5.41, 5.74) is 1.18. The van der Waals surface area contributed by atoms with Crippen LogP contribution < -0.4 is 9.62 Å². The fraction of sp³-hybridized carbons (Fsp3) is 0.286. The van der Waals surface area contributed by atoms with Crippen LogP contribution in [0.5, 0.6) is 0 Å². The number of hydrogen-bond acceptors (Lipinski definition) is 4. The molecule has 1 N–H and O–H groups in total. The molecule has 3 rings (SSSR count). The smallest absolute Gasteiger partial charge is 0.264 e. The van der Waals surface area contributed by atoms with Crippen molar-refractivity contribution in [1.82, 2.24) is 10.2 Å². The number of carbonyl (C=O) groups is 2. The lowest BCUT2D eigenvalue weighted by Crippen LogP contribution is -2.53. The third kappa shape index (κ3) is 7.33. The minimum atomic E-state index is -4.14. The molecule has 0 aliphatic heterocycles. The lowest BCUT2D eigenvalue weighted by Gasteiger charge is -2.32. The van der Waals surface area contributed by atoms with Crippen LogP contribution in [0.1, 0.15) is 26.3 Å². The van der Waals surface area contributed by atoms with Crippen LogP contribution in [0, 0.1) is 0 Å². The van der Waals surface area contributed by atoms with Crippen molar-refractivity contribution in [3.63, 3.8) is 0 Å². The molecule has 3 aromatic rings. The molecule has 0 bridgehead atoms. The maximum atomic E-state index is 13.8. The van der Waals surface area contributed by atoms with E-state index in [9.17, 15) is 18.0 Å². The van der Waals surface area contributed by atoms with Gasteiger partial charge in [0.15, 0.2) is 0 Å². The number of nitrogens with zero attached hydrogens (tertiary/aromatic N) is 2. The summed E-state index contributed by atoms with van der Waals surface area (Å²) in [6.07, 6.45) is 0.503. The molecule has 0 aliphatic carbocycles. The summed E-state index contributed by atoms with van der Waals surface area (Å²) >= 11 is 6.39. The van der Waals surface area contributed by atoms with Crippen molar-refractivity contribution in [2.75, 3.05) is 17.4 Å². The normalized spacial score (nSPS) is 12.1. The summed E-state index contributed by atoms with van der Waals surface area (Å²) in [4.78, 5) is 28.1. The topological polar surface area (TPSA) is 86.8 Å². The van der Waals surface area contributed by atoms with E-state index in [0.29, 0.717) is 6.42 Å². The molecule has 0 saturated carbocycles. The summed E-state index contributed by atoms with van der Waals surface area (Å²) in [7, 11) is -4.14. The van der Waals surface area contributed by atoms with E-state index >= 15 is 0 Å². The molecule has 0 saturated heterocycles. The fourth-order valence-electron chi connectivity index (χ4n) is 3.86. The zero-order valence-electron chi connectivity index (χ0n) is 21.2. The molecule has 0 fully saturated rings. The molecular formula is C28H32ClN3O4S. The number of anilines is 1. The number of sulfonamides is 1. The van der Waals surface area contributed by atoms with E-state index in [0.717, 1.165) is 9.87 Å². The van der Waals surface area contributed by atoms with Gasteiger partial charge >= 0.3 is 0 Å². The Balaban J connectivity index is 1.97. The van der Waals surface area contributed by atoms with E-state index in [1.165, 1.54) is 17.0 Å². The SMILES string of the molecule is CC(C)NC(=O)[C@H](C)N(CCc1ccccc1)C(=O)CN(c1ccccc1Cl)S(=O)(=O)c1ccccc1. The standard InChI is InChI=1S/C28H32ClN3O4S/c1-21(2)30-28(34)22(3)31(19-18-23-12-6-4-7-13-23)27(33)20-32(26-17-11-10-16-25(26)29)37(35,36)24-14-8-5-9-15-24/h4-17,21-22H,18-20H2,1-3H3,(H,30,34)/t22-/m0/s1. The third-order valence-electron chi connectivity index (χ3n) is 5.81. The molecule has 9 heteroatoms. The third-order valence-corrected chi connectivity index (χ3v) is 7.91. The van der Waals surface area contributed by atoms with Crippen molar-refractivity contribution in [3.05, 3.63) is 95.5 Å². The van der Waals surface area contributed by atoms with Gasteiger partial charge in [-0.1, -0.05) is 72.3 Å². The second-order valence-corrected chi connectivity index (χ2v) is 11.2. The lowest BCUT2D eigenvalue weighted by molar-refractivity contribution is -0.139. The Labute approximate surface area is 224 Å². The van der Waals surface area contributed by atoms with Crippen molar-refractivity contribution < 1.29 is 18.0 Å². The van der Waals surface area contributed by atoms with Gasteiger partial charge in [-0.25, -0.2) is 8.42 Å². The molecule has 7 nitrogen and oxygen atoms in total. The second-order valence-electron chi connectivity index (χ2n) is 8.94. The minimum Gasteiger partial charge on any atom is -0.352 e. The number of amides is 2. The highest BCUT2D eigenvalue weighted by Gasteiger charge is 2.33. The maximum Gasteiger partial charge on any atom is 0.264 e. The van der Waals surface area contributed by atoms with E-state index < -0.39 is 28.5 Å². The van der Waals surface area contributed by atoms with E-state index in [1.54, 1.807) is 49.4 Å². The van der Waals surface area contributed by atoms with Gasteiger partial charge in [0.25, 0.3) is 10.0 Å². The first-order valence-corrected chi connectivity index (χ1v) is 13.9. The van der Waals surface area contributed by atoms with E-state index in [4.69, 9.17) is 11.6 Å². The van der Waals surface area contributed by atoms with Gasteiger partial charge in [0, 0.05) is 12.6 Å². The van der Waals surface area contributed by atoms with Crippen molar-refractivity contribution >= 4 is 39.1 Å². The van der Waals surface area contributed by atoms with Crippen LogP contribution in [-0.4, -0.2) is 50.3 Å². The average Bonchev–Trinajstić information content (AvgIpc) is 2.88. The predicted octanol–water partition coefficient (Wildman–Crippen LogP) is 4.52. The van der Waals surface area contributed by atoms with Crippen LogP contribution in [-0.2, 0) is 26.0 Å². The Bertz CT molecular complexity index is 1300. The monoisotopic (exact) mass is 541 g/mol. The van der Waals surface area contributed by atoms with Gasteiger partial charge in [-0.15, -0.1) is 0 Å². The molecule has 3 aromatic carbocycles. The number of nitrogens with one attached hydrogen (secondary N) is 1. The quantitative estimate of drug-likeness (QED) is 0.387. The van der Waals surface area contributed by atoms with Crippen LogP contribution in [0.15, 0.2) is 89.8 Å². The molecule has 0 radical (unpaired) electrons. The summed E-state index contributed by atoms with van der Waals surface area (Å²) < 4.78 is 28.4. The number of benzene rings is 3. The van der Waals surface area contributed by atoms with Gasteiger partial charge in [0.05, 0.1) is 15.6 Å². The van der Waals surface area contributed by atoms with E-state index in [2.05, 4.69) is 5.32 Å². The maximum absolute atomic E-state index is 13.8. The molecule has 0 aliphatic rings. The Morgan fingerprint density at radius 3 is 2.03 bits per heavy atom. The van der Waals surface area contributed by atoms with Crippen LogP contribution >= 0.6 is 11.6 Å². The van der Waals surface area contributed by atoms with Gasteiger partial charge in [-0.05, 0) is 57.0 Å². The van der Waals surface area contributed by atoms with Crippen molar-refractivity contribution in [1.29, 1.82) is 0 Å². The van der Waals surface area contributed by atoms with E-state index in [1.807, 2.05) is 44.2 Å². The molecule has 0 aromatic heterocycles. The number of para-hydroxylation sites is 1. The summed E-state index contributed by atoms with van der Waals surface area (Å²) in [5.74, 6) is -0.826. The van der Waals surface area contributed by atoms with Gasteiger partial charge < -0.3 is 10.2 Å². The zero-order chi connectivity index (χ0) is 27.0. The number of rotatable bonds is 11. The largest absolute Gasteiger partial charge is 0.352 e. The minimum absolute atomic E-state index is 0.0316. The fourth-order valence-corrected chi connectivity index (χ4v) is 5.60. The summed E-state index contributed by atoms with van der Waals surface area (Å²) in [5, 5.41) is 3.03. The van der Waals surface area contributed by atoms with Crippen LogP contribution in [0.3, 0.4) is 0 Å². The average molecular weight is 542 g/mol. The highest BCUT2D eigenvalue weighted by atomic mass is 35.5. The van der Waals surface area contributed by atoms with Gasteiger partial charge in [-0.3, -0.25) is 13.9 Å². The van der Waals surface area contributed by atoms with Crippen LogP contribution in [0.25, 0.3) is 0 Å². The molecule has 37 heavy (non-hydrogen) atoms. The Morgan fingerprint density at radius 1 is 0.865 bits per heavy atom. The van der Waals surface area contributed by atoms with Crippen molar-refractivity contribution in [2.24, 2.45) is 0 Å². The predicted molar refractivity (Wildman–Crippen MR) is 147 cm³/mol. The molecular weight excluding hydrogens is 510 g/mol. The number of carbonyl (C=O) groups excluding carboxylic acids is 2. The van der Waals surface area contributed by atoms with Gasteiger partial charge in [0.1, 0.15) is 12.6 Å². The van der Waals surface area contributed by atoms with Gasteiger partial charge in [0.2, 0.25) is 11.8 Å². The number of halogens is 1. The van der Waals surface area contributed by atoms with Crippen LogP contribution in [0.2, 0.25) is 5.02 Å². The number of hydrogen-bond donors (Lipinski definition) is 1. The highest BCUT2D eigenvalue weighted by Crippen LogP contribution is 2.30. The lowest BCUT2D eigenvalue weighted by atomic mass is 10.1. The zero-order valence-corrected chi connectivity index (χ0v) is 22.7. The van der Waals surface area contributed by atoms with Crippen molar-refractivity contribution in [2.45, 2.75) is 44.2 Å². The Morgan fingerprint density at radius 2 is 1.43 bits per heavy atom. The highest BCUT2D eigenvalue weighted by molar-refractivity contribution is 7.92. The molecule has 2 amide bonds. The Hall–Kier alpha value is -3.36. The first-order valence-electron chi connectivity index (χ1n) is 12.1. The molecule has 196 valence electrons. The van der Waals surface area contributed by atoms with Gasteiger partial charge in [-0.2, -0.15) is 0 Å².